The molecular weight excluding hydrogens is 374 g/mol. The molecule has 8 heteroatoms. The van der Waals surface area contributed by atoms with Crippen LogP contribution in [0.2, 0.25) is 5.02 Å². The molecule has 0 spiro atoms. The van der Waals surface area contributed by atoms with Crippen molar-refractivity contribution in [3.05, 3.63) is 59.1 Å². The second-order valence-electron chi connectivity index (χ2n) is 6.20. The fourth-order valence-corrected chi connectivity index (χ4v) is 4.40. The lowest BCUT2D eigenvalue weighted by Crippen LogP contribution is -2.47. The van der Waals surface area contributed by atoms with Gasteiger partial charge in [0.2, 0.25) is 10.0 Å². The zero-order valence-corrected chi connectivity index (χ0v) is 15.9. The second-order valence-corrected chi connectivity index (χ2v) is 8.57. The highest BCUT2D eigenvalue weighted by Gasteiger charge is 2.27. The predicted octanol–water partition coefficient (Wildman–Crippen LogP) is 2.53. The van der Waals surface area contributed by atoms with Crippen LogP contribution in [-0.2, 0) is 10.0 Å². The van der Waals surface area contributed by atoms with Crippen LogP contribution in [-0.4, -0.2) is 56.8 Å². The van der Waals surface area contributed by atoms with Gasteiger partial charge in [0, 0.05) is 42.5 Å². The van der Waals surface area contributed by atoms with Gasteiger partial charge in [-0.05, 0) is 43.4 Å². The standard InChI is InChI=1S/C18H20ClN3O3S/c1-21-8-10-22(11-9-21)26(24,25)17-7-2-4-14(12-17)18(23)20-16-6-3-5-15(19)13-16/h2-7,12-13H,8-11H2,1H3,(H,20,23). The lowest BCUT2D eigenvalue weighted by Gasteiger charge is -2.31. The van der Waals surface area contributed by atoms with Crippen molar-refractivity contribution < 1.29 is 13.2 Å². The molecule has 6 nitrogen and oxygen atoms in total. The molecule has 0 radical (unpaired) electrons. The number of hydrogen-bond acceptors (Lipinski definition) is 4. The third kappa shape index (κ3) is 4.24. The number of hydrogen-bond donors (Lipinski definition) is 1. The molecule has 0 saturated carbocycles. The quantitative estimate of drug-likeness (QED) is 0.866. The molecule has 0 atom stereocenters. The predicted molar refractivity (Wildman–Crippen MR) is 102 cm³/mol. The Morgan fingerprint density at radius 1 is 1.04 bits per heavy atom. The average Bonchev–Trinajstić information content (AvgIpc) is 2.62. The summed E-state index contributed by atoms with van der Waals surface area (Å²) in [7, 11) is -1.65. The summed E-state index contributed by atoms with van der Waals surface area (Å²) >= 11 is 5.92. The van der Waals surface area contributed by atoms with Gasteiger partial charge in [0.15, 0.2) is 0 Å². The van der Waals surface area contributed by atoms with Gasteiger partial charge in [0.05, 0.1) is 4.90 Å². The van der Waals surface area contributed by atoms with E-state index in [2.05, 4.69) is 10.2 Å². The third-order valence-electron chi connectivity index (χ3n) is 4.28. The van der Waals surface area contributed by atoms with Gasteiger partial charge >= 0.3 is 0 Å². The summed E-state index contributed by atoms with van der Waals surface area (Å²) in [6, 6.07) is 12.9. The summed E-state index contributed by atoms with van der Waals surface area (Å²) in [5.74, 6) is -0.386. The molecule has 2 aromatic carbocycles. The zero-order chi connectivity index (χ0) is 18.7. The Labute approximate surface area is 158 Å². The first-order chi connectivity index (χ1) is 12.4. The number of piperazine rings is 1. The van der Waals surface area contributed by atoms with Crippen LogP contribution < -0.4 is 5.32 Å². The third-order valence-corrected chi connectivity index (χ3v) is 6.41. The molecule has 1 N–H and O–H groups in total. The number of carbonyl (C=O) groups is 1. The Morgan fingerprint density at radius 2 is 1.73 bits per heavy atom. The van der Waals surface area contributed by atoms with Gasteiger partial charge in [-0.3, -0.25) is 4.79 Å². The average molecular weight is 394 g/mol. The number of rotatable bonds is 4. The minimum Gasteiger partial charge on any atom is -0.322 e. The molecule has 1 amide bonds. The molecule has 1 fully saturated rings. The van der Waals surface area contributed by atoms with Crippen molar-refractivity contribution in [2.24, 2.45) is 0 Å². The van der Waals surface area contributed by atoms with Gasteiger partial charge in [-0.1, -0.05) is 23.7 Å². The van der Waals surface area contributed by atoms with E-state index >= 15 is 0 Å². The van der Waals surface area contributed by atoms with Crippen LogP contribution in [0.3, 0.4) is 0 Å². The number of benzene rings is 2. The van der Waals surface area contributed by atoms with Gasteiger partial charge in [-0.2, -0.15) is 4.31 Å². The van der Waals surface area contributed by atoms with E-state index < -0.39 is 10.0 Å². The van der Waals surface area contributed by atoms with E-state index in [1.807, 2.05) is 7.05 Å². The monoisotopic (exact) mass is 393 g/mol. The van der Waals surface area contributed by atoms with Crippen molar-refractivity contribution in [2.45, 2.75) is 4.90 Å². The zero-order valence-electron chi connectivity index (χ0n) is 14.4. The number of nitrogens with zero attached hydrogens (tertiary/aromatic N) is 2. The lowest BCUT2D eigenvalue weighted by atomic mass is 10.2. The number of nitrogens with one attached hydrogen (secondary N) is 1. The molecule has 0 aromatic heterocycles. The molecular formula is C18H20ClN3O3S. The maximum Gasteiger partial charge on any atom is 0.255 e. The first-order valence-corrected chi connectivity index (χ1v) is 10.0. The van der Waals surface area contributed by atoms with Crippen molar-refractivity contribution in [1.82, 2.24) is 9.21 Å². The van der Waals surface area contributed by atoms with Crippen molar-refractivity contribution in [2.75, 3.05) is 38.5 Å². The normalized spacial score (nSPS) is 16.4. The summed E-state index contributed by atoms with van der Waals surface area (Å²) in [6.45, 7) is 2.26. The van der Waals surface area contributed by atoms with Crippen molar-refractivity contribution >= 4 is 33.2 Å². The minimum absolute atomic E-state index is 0.126. The Bertz CT molecular complexity index is 909. The second kappa shape index (κ2) is 7.75. The van der Waals surface area contributed by atoms with Crippen LogP contribution in [0.15, 0.2) is 53.4 Å². The van der Waals surface area contributed by atoms with Gasteiger partial charge < -0.3 is 10.2 Å². The topological polar surface area (TPSA) is 69.7 Å². The van der Waals surface area contributed by atoms with Crippen LogP contribution in [0, 0.1) is 0 Å². The lowest BCUT2D eigenvalue weighted by molar-refractivity contribution is 0.102. The molecule has 1 saturated heterocycles. The minimum atomic E-state index is -3.62. The fraction of sp³-hybridized carbons (Fsp3) is 0.278. The molecule has 2 aromatic rings. The van der Waals surface area contributed by atoms with Gasteiger partial charge in [0.25, 0.3) is 5.91 Å². The van der Waals surface area contributed by atoms with Gasteiger partial charge in [-0.15, -0.1) is 0 Å². The molecule has 1 heterocycles. The summed E-state index contributed by atoms with van der Waals surface area (Å²) < 4.78 is 27.1. The summed E-state index contributed by atoms with van der Waals surface area (Å²) in [4.78, 5) is 14.7. The maximum absolute atomic E-state index is 12.8. The number of likely N-dealkylation sites (N-methyl/N-ethyl adjacent to an activating group) is 1. The van der Waals surface area contributed by atoms with Gasteiger partial charge in [0.1, 0.15) is 0 Å². The molecule has 1 aliphatic rings. The summed E-state index contributed by atoms with van der Waals surface area (Å²) in [5, 5.41) is 3.23. The number of amides is 1. The van der Waals surface area contributed by atoms with Crippen LogP contribution in [0.25, 0.3) is 0 Å². The highest BCUT2D eigenvalue weighted by Crippen LogP contribution is 2.20. The number of halogens is 1. The van der Waals surface area contributed by atoms with E-state index in [0.717, 1.165) is 0 Å². The first-order valence-electron chi connectivity index (χ1n) is 8.22. The smallest absolute Gasteiger partial charge is 0.255 e. The largest absolute Gasteiger partial charge is 0.322 e. The summed E-state index contributed by atoms with van der Waals surface area (Å²) in [5.41, 5.74) is 0.829. The number of carbonyl (C=O) groups excluding carboxylic acids is 1. The first kappa shape index (κ1) is 18.8. The van der Waals surface area contributed by atoms with Crippen LogP contribution >= 0.6 is 11.6 Å². The van der Waals surface area contributed by atoms with E-state index in [1.54, 1.807) is 36.4 Å². The maximum atomic E-state index is 12.8. The summed E-state index contributed by atoms with van der Waals surface area (Å²) in [6.07, 6.45) is 0. The molecule has 0 aliphatic carbocycles. The van der Waals surface area contributed by atoms with E-state index in [0.29, 0.717) is 36.9 Å². The number of sulfonamides is 1. The van der Waals surface area contributed by atoms with Crippen LogP contribution in [0.4, 0.5) is 5.69 Å². The molecule has 138 valence electrons. The highest BCUT2D eigenvalue weighted by molar-refractivity contribution is 7.89. The van der Waals surface area contributed by atoms with Crippen molar-refractivity contribution in [3.8, 4) is 0 Å². The highest BCUT2D eigenvalue weighted by atomic mass is 35.5. The fourth-order valence-electron chi connectivity index (χ4n) is 2.74. The van der Waals surface area contributed by atoms with Gasteiger partial charge in [-0.25, -0.2) is 8.42 Å². The Morgan fingerprint density at radius 3 is 2.42 bits per heavy atom. The van der Waals surface area contributed by atoms with Crippen LogP contribution in [0.5, 0.6) is 0 Å². The Balaban J connectivity index is 1.80. The van der Waals surface area contributed by atoms with E-state index in [9.17, 15) is 13.2 Å². The molecule has 0 bridgehead atoms. The molecule has 26 heavy (non-hydrogen) atoms. The molecule has 0 unspecified atom stereocenters. The van der Waals surface area contributed by atoms with Crippen molar-refractivity contribution in [3.63, 3.8) is 0 Å². The SMILES string of the molecule is CN1CCN(S(=O)(=O)c2cccc(C(=O)Nc3cccc(Cl)c3)c2)CC1. The van der Waals surface area contributed by atoms with E-state index in [-0.39, 0.29) is 16.4 Å². The van der Waals surface area contributed by atoms with E-state index in [1.165, 1.54) is 16.4 Å². The van der Waals surface area contributed by atoms with Crippen molar-refractivity contribution in [1.29, 1.82) is 0 Å². The molecule has 1 aliphatic heterocycles. The van der Waals surface area contributed by atoms with E-state index in [4.69, 9.17) is 11.6 Å². The number of anilines is 1. The Hall–Kier alpha value is -1.93. The molecule has 3 rings (SSSR count). The Kier molecular flexibility index (Phi) is 5.62. The van der Waals surface area contributed by atoms with Crippen LogP contribution in [0.1, 0.15) is 10.4 Å².